The molecule has 1 fully saturated rings. The largest absolute Gasteiger partial charge is 0.345 e. The molecule has 2 heterocycles. The number of thiazole rings is 1. The van der Waals surface area contributed by atoms with Gasteiger partial charge in [-0.2, -0.15) is 0 Å². The SMILES string of the molecule is CCc1cccc2sc(N3CCN(C(=O)c4ccc(C)cc4)CC3)nc12. The highest BCUT2D eigenvalue weighted by Gasteiger charge is 2.24. The van der Waals surface area contributed by atoms with Gasteiger partial charge in [-0.25, -0.2) is 4.98 Å². The molecule has 1 aliphatic heterocycles. The third-order valence-corrected chi connectivity index (χ3v) is 6.09. The van der Waals surface area contributed by atoms with Crippen molar-refractivity contribution < 1.29 is 4.79 Å². The highest BCUT2D eigenvalue weighted by atomic mass is 32.1. The van der Waals surface area contributed by atoms with E-state index in [1.807, 2.05) is 36.1 Å². The molecule has 0 bridgehead atoms. The lowest BCUT2D eigenvalue weighted by Gasteiger charge is -2.34. The summed E-state index contributed by atoms with van der Waals surface area (Å²) in [5, 5.41) is 1.07. The minimum atomic E-state index is 0.127. The number of hydrogen-bond acceptors (Lipinski definition) is 4. The first-order valence-electron chi connectivity index (χ1n) is 9.15. The Morgan fingerprint density at radius 1 is 1.08 bits per heavy atom. The molecule has 0 saturated carbocycles. The van der Waals surface area contributed by atoms with E-state index in [9.17, 15) is 4.79 Å². The fourth-order valence-corrected chi connectivity index (χ4v) is 4.46. The number of amides is 1. The number of hydrogen-bond donors (Lipinski definition) is 0. The van der Waals surface area contributed by atoms with Crippen molar-refractivity contribution in [2.45, 2.75) is 20.3 Å². The van der Waals surface area contributed by atoms with Crippen LogP contribution in [0.1, 0.15) is 28.4 Å². The summed E-state index contributed by atoms with van der Waals surface area (Å²) in [7, 11) is 0. The summed E-state index contributed by atoms with van der Waals surface area (Å²) in [6.45, 7) is 7.35. The Morgan fingerprint density at radius 2 is 1.81 bits per heavy atom. The van der Waals surface area contributed by atoms with Crippen molar-refractivity contribution in [3.8, 4) is 0 Å². The van der Waals surface area contributed by atoms with E-state index >= 15 is 0 Å². The van der Waals surface area contributed by atoms with Crippen LogP contribution in [0.5, 0.6) is 0 Å². The molecule has 1 saturated heterocycles. The van der Waals surface area contributed by atoms with E-state index in [4.69, 9.17) is 4.98 Å². The number of anilines is 1. The second-order valence-electron chi connectivity index (χ2n) is 6.76. The van der Waals surface area contributed by atoms with Crippen LogP contribution < -0.4 is 4.90 Å². The summed E-state index contributed by atoms with van der Waals surface area (Å²) in [5.74, 6) is 0.127. The lowest BCUT2D eigenvalue weighted by Crippen LogP contribution is -2.48. The Morgan fingerprint density at radius 3 is 2.50 bits per heavy atom. The Hall–Kier alpha value is -2.40. The van der Waals surface area contributed by atoms with Crippen LogP contribution in [-0.2, 0) is 6.42 Å². The molecule has 0 spiro atoms. The molecule has 0 radical (unpaired) electrons. The topological polar surface area (TPSA) is 36.4 Å². The zero-order valence-electron chi connectivity index (χ0n) is 15.2. The van der Waals surface area contributed by atoms with E-state index in [0.29, 0.717) is 0 Å². The number of carbonyl (C=O) groups is 1. The van der Waals surface area contributed by atoms with Gasteiger partial charge in [-0.15, -0.1) is 0 Å². The number of nitrogens with zero attached hydrogens (tertiary/aromatic N) is 3. The second kappa shape index (κ2) is 7.08. The summed E-state index contributed by atoms with van der Waals surface area (Å²) in [6.07, 6.45) is 0.999. The fourth-order valence-electron chi connectivity index (χ4n) is 3.39. The number of para-hydroxylation sites is 1. The van der Waals surface area contributed by atoms with E-state index < -0.39 is 0 Å². The van der Waals surface area contributed by atoms with Gasteiger partial charge in [-0.1, -0.05) is 48.1 Å². The van der Waals surface area contributed by atoms with E-state index in [0.717, 1.165) is 48.8 Å². The Labute approximate surface area is 158 Å². The number of carbonyl (C=O) groups excluding carboxylic acids is 1. The maximum atomic E-state index is 12.7. The van der Waals surface area contributed by atoms with Gasteiger partial charge in [0.25, 0.3) is 5.91 Å². The van der Waals surface area contributed by atoms with E-state index in [-0.39, 0.29) is 5.91 Å². The molecule has 2 aromatic carbocycles. The van der Waals surface area contributed by atoms with Crippen LogP contribution in [0.4, 0.5) is 5.13 Å². The van der Waals surface area contributed by atoms with Gasteiger partial charge < -0.3 is 9.80 Å². The van der Waals surface area contributed by atoms with Crippen LogP contribution in [0.25, 0.3) is 10.2 Å². The minimum absolute atomic E-state index is 0.127. The molecule has 1 aromatic heterocycles. The van der Waals surface area contributed by atoms with Crippen LogP contribution in [-0.4, -0.2) is 42.0 Å². The van der Waals surface area contributed by atoms with Crippen LogP contribution in [0.2, 0.25) is 0 Å². The number of aromatic nitrogens is 1. The summed E-state index contributed by atoms with van der Waals surface area (Å²) in [4.78, 5) is 21.8. The molecular weight excluding hydrogens is 342 g/mol. The fraction of sp³-hybridized carbons (Fsp3) is 0.333. The highest BCUT2D eigenvalue weighted by molar-refractivity contribution is 7.22. The van der Waals surface area contributed by atoms with Gasteiger partial charge in [0.1, 0.15) is 0 Å². The smallest absolute Gasteiger partial charge is 0.253 e. The predicted octanol–water partition coefficient (Wildman–Crippen LogP) is 4.13. The summed E-state index contributed by atoms with van der Waals surface area (Å²) in [5.41, 5.74) is 4.39. The average molecular weight is 366 g/mol. The maximum Gasteiger partial charge on any atom is 0.253 e. The van der Waals surface area contributed by atoms with Gasteiger partial charge in [0.2, 0.25) is 0 Å². The van der Waals surface area contributed by atoms with Crippen molar-refractivity contribution in [2.24, 2.45) is 0 Å². The van der Waals surface area contributed by atoms with Gasteiger partial charge in [-0.3, -0.25) is 4.79 Å². The van der Waals surface area contributed by atoms with Gasteiger partial charge in [0.15, 0.2) is 5.13 Å². The van der Waals surface area contributed by atoms with Gasteiger partial charge >= 0.3 is 0 Å². The zero-order chi connectivity index (χ0) is 18.1. The highest BCUT2D eigenvalue weighted by Crippen LogP contribution is 2.31. The molecule has 134 valence electrons. The second-order valence-corrected chi connectivity index (χ2v) is 7.77. The molecule has 5 heteroatoms. The standard InChI is InChI=1S/C21H23N3OS/c1-3-16-5-4-6-18-19(16)22-21(26-18)24-13-11-23(12-14-24)20(25)17-9-7-15(2)8-10-17/h4-10H,3,11-14H2,1-2H3. The van der Waals surface area contributed by atoms with Gasteiger partial charge in [0.05, 0.1) is 10.2 Å². The first kappa shape index (κ1) is 17.0. The van der Waals surface area contributed by atoms with E-state index in [2.05, 4.69) is 30.0 Å². The van der Waals surface area contributed by atoms with Gasteiger partial charge in [0, 0.05) is 31.7 Å². The lowest BCUT2D eigenvalue weighted by atomic mass is 10.1. The quantitative estimate of drug-likeness (QED) is 0.700. The van der Waals surface area contributed by atoms with Crippen LogP contribution in [0.15, 0.2) is 42.5 Å². The molecular formula is C21H23N3OS. The molecule has 1 amide bonds. The van der Waals surface area contributed by atoms with Crippen molar-refractivity contribution >= 4 is 32.6 Å². The van der Waals surface area contributed by atoms with Crippen molar-refractivity contribution in [1.82, 2.24) is 9.88 Å². The van der Waals surface area contributed by atoms with Crippen LogP contribution in [0.3, 0.4) is 0 Å². The van der Waals surface area contributed by atoms with Crippen molar-refractivity contribution in [1.29, 1.82) is 0 Å². The normalized spacial score (nSPS) is 14.8. The first-order valence-corrected chi connectivity index (χ1v) is 9.96. The molecule has 26 heavy (non-hydrogen) atoms. The third kappa shape index (κ3) is 3.19. The maximum absolute atomic E-state index is 12.7. The monoisotopic (exact) mass is 365 g/mol. The van der Waals surface area contributed by atoms with E-state index in [1.54, 1.807) is 11.3 Å². The van der Waals surface area contributed by atoms with Crippen LogP contribution in [0, 0.1) is 6.92 Å². The number of rotatable bonds is 3. The Balaban J connectivity index is 1.46. The number of piperazine rings is 1. The van der Waals surface area contributed by atoms with Crippen molar-refractivity contribution in [3.05, 3.63) is 59.2 Å². The molecule has 1 aliphatic rings. The first-order chi connectivity index (χ1) is 12.7. The van der Waals surface area contributed by atoms with Gasteiger partial charge in [-0.05, 0) is 37.1 Å². The summed E-state index contributed by atoms with van der Waals surface area (Å²) in [6, 6.07) is 14.2. The average Bonchev–Trinajstić information content (AvgIpc) is 3.12. The molecule has 0 N–H and O–H groups in total. The summed E-state index contributed by atoms with van der Waals surface area (Å²) < 4.78 is 1.25. The van der Waals surface area contributed by atoms with E-state index in [1.165, 1.54) is 15.8 Å². The number of fused-ring (bicyclic) bond motifs is 1. The molecule has 4 nitrogen and oxygen atoms in total. The van der Waals surface area contributed by atoms with Crippen LogP contribution >= 0.6 is 11.3 Å². The predicted molar refractivity (Wildman–Crippen MR) is 108 cm³/mol. The zero-order valence-corrected chi connectivity index (χ0v) is 16.1. The molecule has 0 atom stereocenters. The molecule has 4 rings (SSSR count). The molecule has 3 aromatic rings. The molecule has 0 aliphatic carbocycles. The van der Waals surface area contributed by atoms with Crippen molar-refractivity contribution in [3.63, 3.8) is 0 Å². The summed E-state index contributed by atoms with van der Waals surface area (Å²) >= 11 is 1.75. The minimum Gasteiger partial charge on any atom is -0.345 e. The number of benzene rings is 2. The lowest BCUT2D eigenvalue weighted by molar-refractivity contribution is 0.0747. The Kier molecular flexibility index (Phi) is 4.64. The number of aryl methyl sites for hydroxylation is 2. The Bertz CT molecular complexity index is 924. The third-order valence-electron chi connectivity index (χ3n) is 5.01. The molecule has 0 unspecified atom stereocenters. The van der Waals surface area contributed by atoms with Crippen molar-refractivity contribution in [2.75, 3.05) is 31.1 Å².